The first-order valence-corrected chi connectivity index (χ1v) is 8.81. The molecule has 2 unspecified atom stereocenters. The van der Waals surface area contributed by atoms with Gasteiger partial charge in [-0.25, -0.2) is 0 Å². The van der Waals surface area contributed by atoms with Crippen LogP contribution in [-0.2, 0) is 14.3 Å². The van der Waals surface area contributed by atoms with E-state index in [1.807, 2.05) is 0 Å². The monoisotopic (exact) mass is 402 g/mol. The zero-order chi connectivity index (χ0) is 20.1. The summed E-state index contributed by atoms with van der Waals surface area (Å²) in [4.78, 5) is 26.3. The van der Waals surface area contributed by atoms with Crippen molar-refractivity contribution in [2.75, 3.05) is 31.6 Å². The lowest BCUT2D eigenvalue weighted by molar-refractivity contribution is -0.274. The molecule has 11 heteroatoms. The zero-order valence-corrected chi connectivity index (χ0v) is 14.9. The number of halogens is 3. The standard InChI is InChI=1S/C17H21F3N4O4/c18-17(19,20)28-12-3-1-2-11(8-12)21-15(25)9-13-22-14(10-16(26)23-13)24-4-6-27-7-5-24/h1-3,8,13-14,22H,4-7,9-10H2,(H,21,25)(H,23,26). The molecule has 2 amide bonds. The Labute approximate surface area is 159 Å². The number of carbonyl (C=O) groups is 2. The number of amides is 2. The van der Waals surface area contributed by atoms with Crippen LogP contribution in [0.1, 0.15) is 12.8 Å². The highest BCUT2D eigenvalue weighted by Crippen LogP contribution is 2.25. The van der Waals surface area contributed by atoms with Crippen LogP contribution >= 0.6 is 0 Å². The van der Waals surface area contributed by atoms with E-state index in [0.29, 0.717) is 26.3 Å². The minimum Gasteiger partial charge on any atom is -0.406 e. The van der Waals surface area contributed by atoms with E-state index in [9.17, 15) is 22.8 Å². The summed E-state index contributed by atoms with van der Waals surface area (Å²) in [5.41, 5.74) is 0.165. The average molecular weight is 402 g/mol. The summed E-state index contributed by atoms with van der Waals surface area (Å²) >= 11 is 0. The van der Waals surface area contributed by atoms with Crippen molar-refractivity contribution in [2.45, 2.75) is 31.5 Å². The van der Waals surface area contributed by atoms with E-state index >= 15 is 0 Å². The van der Waals surface area contributed by atoms with E-state index in [2.05, 4.69) is 25.6 Å². The van der Waals surface area contributed by atoms with Gasteiger partial charge in [0.15, 0.2) is 0 Å². The first kappa shape index (κ1) is 20.4. The van der Waals surface area contributed by atoms with Crippen LogP contribution in [0.2, 0.25) is 0 Å². The molecule has 2 saturated heterocycles. The molecule has 2 heterocycles. The number of nitrogens with zero attached hydrogens (tertiary/aromatic N) is 1. The van der Waals surface area contributed by atoms with Crippen LogP contribution < -0.4 is 20.7 Å². The Morgan fingerprint density at radius 2 is 2.07 bits per heavy atom. The Bertz CT molecular complexity index is 710. The van der Waals surface area contributed by atoms with Crippen molar-refractivity contribution in [3.63, 3.8) is 0 Å². The average Bonchev–Trinajstić information content (AvgIpc) is 2.60. The van der Waals surface area contributed by atoms with Gasteiger partial charge in [-0.05, 0) is 12.1 Å². The number of ether oxygens (including phenoxy) is 2. The topological polar surface area (TPSA) is 91.9 Å². The van der Waals surface area contributed by atoms with Crippen LogP contribution in [0.3, 0.4) is 0 Å². The maximum atomic E-state index is 12.3. The van der Waals surface area contributed by atoms with Gasteiger partial charge in [-0.2, -0.15) is 0 Å². The van der Waals surface area contributed by atoms with E-state index < -0.39 is 24.2 Å². The molecule has 2 fully saturated rings. The fourth-order valence-corrected chi connectivity index (χ4v) is 3.16. The molecule has 3 rings (SSSR count). The predicted molar refractivity (Wildman–Crippen MR) is 92.2 cm³/mol. The Balaban J connectivity index is 1.55. The summed E-state index contributed by atoms with van der Waals surface area (Å²) in [6.45, 7) is 2.55. The van der Waals surface area contributed by atoms with Gasteiger partial charge in [-0.3, -0.25) is 19.8 Å². The summed E-state index contributed by atoms with van der Waals surface area (Å²) < 4.78 is 46.0. The number of morpholine rings is 1. The maximum Gasteiger partial charge on any atom is 0.573 e. The predicted octanol–water partition coefficient (Wildman–Crippen LogP) is 1.01. The number of rotatable bonds is 5. The van der Waals surface area contributed by atoms with Crippen LogP contribution in [0, 0.1) is 0 Å². The highest BCUT2D eigenvalue weighted by molar-refractivity contribution is 5.91. The molecule has 0 aliphatic carbocycles. The second-order valence-corrected chi connectivity index (χ2v) is 6.48. The Morgan fingerprint density at radius 3 is 2.79 bits per heavy atom. The molecule has 0 aromatic heterocycles. The van der Waals surface area contributed by atoms with Gasteiger partial charge >= 0.3 is 6.36 Å². The molecular formula is C17H21F3N4O4. The molecular weight excluding hydrogens is 381 g/mol. The number of hydrogen-bond acceptors (Lipinski definition) is 6. The van der Waals surface area contributed by atoms with Crippen molar-refractivity contribution in [1.82, 2.24) is 15.5 Å². The fraction of sp³-hybridized carbons (Fsp3) is 0.529. The Morgan fingerprint density at radius 1 is 1.32 bits per heavy atom. The first-order valence-electron chi connectivity index (χ1n) is 8.81. The molecule has 28 heavy (non-hydrogen) atoms. The second kappa shape index (κ2) is 8.76. The summed E-state index contributed by atoms with van der Waals surface area (Å²) in [5.74, 6) is -1.06. The fourth-order valence-electron chi connectivity index (χ4n) is 3.16. The van der Waals surface area contributed by atoms with Crippen molar-refractivity contribution >= 4 is 17.5 Å². The number of alkyl halides is 3. The van der Waals surface area contributed by atoms with Gasteiger partial charge in [0, 0.05) is 24.8 Å². The van der Waals surface area contributed by atoms with Gasteiger partial charge in [0.05, 0.1) is 38.4 Å². The lowest BCUT2D eigenvalue weighted by Crippen LogP contribution is -2.63. The summed E-state index contributed by atoms with van der Waals surface area (Å²) in [7, 11) is 0. The first-order chi connectivity index (χ1) is 13.3. The summed E-state index contributed by atoms with van der Waals surface area (Å²) in [5, 5.41) is 8.43. The quantitative estimate of drug-likeness (QED) is 0.681. The van der Waals surface area contributed by atoms with E-state index in [0.717, 1.165) is 12.1 Å². The number of nitrogens with one attached hydrogen (secondary N) is 3. The molecule has 0 saturated carbocycles. The lowest BCUT2D eigenvalue weighted by Gasteiger charge is -2.40. The summed E-state index contributed by atoms with van der Waals surface area (Å²) in [6.07, 6.45) is -5.39. The Hall–Kier alpha value is -2.37. The molecule has 2 atom stereocenters. The van der Waals surface area contributed by atoms with Gasteiger partial charge in [0.25, 0.3) is 0 Å². The number of anilines is 1. The number of carbonyl (C=O) groups excluding carboxylic acids is 2. The molecule has 0 bridgehead atoms. The molecule has 1 aromatic rings. The molecule has 1 aromatic carbocycles. The van der Waals surface area contributed by atoms with Crippen LogP contribution in [0.25, 0.3) is 0 Å². The maximum absolute atomic E-state index is 12.3. The zero-order valence-electron chi connectivity index (χ0n) is 14.9. The van der Waals surface area contributed by atoms with E-state index in [4.69, 9.17) is 4.74 Å². The molecule has 2 aliphatic rings. The molecule has 154 valence electrons. The number of benzene rings is 1. The minimum absolute atomic E-state index is 0.0725. The minimum atomic E-state index is -4.81. The van der Waals surface area contributed by atoms with Crippen molar-refractivity contribution in [2.24, 2.45) is 0 Å². The van der Waals surface area contributed by atoms with Crippen LogP contribution in [-0.4, -0.2) is 61.7 Å². The third kappa shape index (κ3) is 6.08. The van der Waals surface area contributed by atoms with Gasteiger partial charge in [-0.1, -0.05) is 6.07 Å². The second-order valence-electron chi connectivity index (χ2n) is 6.48. The smallest absolute Gasteiger partial charge is 0.406 e. The van der Waals surface area contributed by atoms with Crippen LogP contribution in [0.4, 0.5) is 18.9 Å². The van der Waals surface area contributed by atoms with Gasteiger partial charge in [0.2, 0.25) is 11.8 Å². The van der Waals surface area contributed by atoms with Crippen molar-refractivity contribution in [3.05, 3.63) is 24.3 Å². The largest absolute Gasteiger partial charge is 0.573 e. The molecule has 0 spiro atoms. The normalized spacial score (nSPS) is 23.8. The summed E-state index contributed by atoms with van der Waals surface area (Å²) in [6, 6.07) is 5.00. The molecule has 2 aliphatic heterocycles. The van der Waals surface area contributed by atoms with Crippen molar-refractivity contribution < 1.29 is 32.2 Å². The van der Waals surface area contributed by atoms with E-state index in [1.165, 1.54) is 12.1 Å². The van der Waals surface area contributed by atoms with E-state index in [1.54, 1.807) is 0 Å². The van der Waals surface area contributed by atoms with Crippen LogP contribution in [0.15, 0.2) is 24.3 Å². The molecule has 3 N–H and O–H groups in total. The van der Waals surface area contributed by atoms with Crippen molar-refractivity contribution in [1.29, 1.82) is 0 Å². The molecule has 0 radical (unpaired) electrons. The molecule has 8 nitrogen and oxygen atoms in total. The van der Waals surface area contributed by atoms with Gasteiger partial charge in [-0.15, -0.1) is 13.2 Å². The highest BCUT2D eigenvalue weighted by atomic mass is 19.4. The highest BCUT2D eigenvalue weighted by Gasteiger charge is 2.32. The van der Waals surface area contributed by atoms with E-state index in [-0.39, 0.29) is 30.6 Å². The van der Waals surface area contributed by atoms with Crippen LogP contribution in [0.5, 0.6) is 5.75 Å². The van der Waals surface area contributed by atoms with Gasteiger partial charge < -0.3 is 20.1 Å². The van der Waals surface area contributed by atoms with Crippen molar-refractivity contribution in [3.8, 4) is 5.75 Å². The third-order valence-corrected chi connectivity index (χ3v) is 4.33. The SMILES string of the molecule is O=C(CC1NC(=O)CC(N2CCOCC2)N1)Nc1cccc(OC(F)(F)F)c1. The lowest BCUT2D eigenvalue weighted by atomic mass is 10.1. The van der Waals surface area contributed by atoms with Gasteiger partial charge in [0.1, 0.15) is 5.75 Å². The Kier molecular flexibility index (Phi) is 6.37. The number of hydrogen-bond donors (Lipinski definition) is 3. The third-order valence-electron chi connectivity index (χ3n) is 4.33.